The molecule has 0 unspecified atom stereocenters. The molecule has 108 valence electrons. The molecule has 2 aromatic heterocycles. The zero-order valence-electron chi connectivity index (χ0n) is 10.9. The summed E-state index contributed by atoms with van der Waals surface area (Å²) in [5.74, 6) is 0. The number of pyridine rings is 1. The summed E-state index contributed by atoms with van der Waals surface area (Å²) in [6, 6.07) is 10.00. The highest BCUT2D eigenvalue weighted by Gasteiger charge is 2.20. The predicted molar refractivity (Wildman–Crippen MR) is 86.2 cm³/mol. The molecule has 7 heteroatoms. The summed E-state index contributed by atoms with van der Waals surface area (Å²) in [5.41, 5.74) is 1.30. The van der Waals surface area contributed by atoms with Gasteiger partial charge in [0.05, 0.1) is 4.90 Å². The molecule has 0 aliphatic heterocycles. The van der Waals surface area contributed by atoms with Crippen molar-refractivity contribution in [3.8, 4) is 0 Å². The molecule has 2 heterocycles. The molecule has 0 aliphatic rings. The van der Waals surface area contributed by atoms with Crippen LogP contribution in [-0.4, -0.2) is 17.4 Å². The maximum absolute atomic E-state index is 12.7. The number of hydrogen-bond acceptors (Lipinski definition) is 3. The Balaban J connectivity index is 2.27. The quantitative estimate of drug-likeness (QED) is 0.627. The number of aryl methyl sites for hydroxylation is 1. The molecule has 0 atom stereocenters. The topological polar surface area (TPSA) is 52.0 Å². The number of halogens is 2. The highest BCUT2D eigenvalue weighted by atomic mass is 79.9. The molecule has 0 aliphatic carbocycles. The van der Waals surface area contributed by atoms with E-state index in [-0.39, 0.29) is 10.0 Å². The van der Waals surface area contributed by atoms with E-state index in [0.717, 1.165) is 9.54 Å². The Bertz CT molecular complexity index is 934. The van der Waals surface area contributed by atoms with Crippen LogP contribution in [0.4, 0.5) is 0 Å². The number of aromatic nitrogens is 2. The minimum absolute atomic E-state index is 0.212. The summed E-state index contributed by atoms with van der Waals surface area (Å²) < 4.78 is 27.3. The SMILES string of the molecule is Cc1ccc(S(=O)(=O)n2ccc3c(Br)cc(Cl)nc32)cc1. The lowest BCUT2D eigenvalue weighted by Crippen LogP contribution is -2.12. The molecule has 0 amide bonds. The van der Waals surface area contributed by atoms with E-state index in [1.54, 1.807) is 36.4 Å². The minimum atomic E-state index is -3.70. The van der Waals surface area contributed by atoms with E-state index < -0.39 is 10.0 Å². The van der Waals surface area contributed by atoms with Crippen molar-refractivity contribution in [2.75, 3.05) is 0 Å². The van der Waals surface area contributed by atoms with Gasteiger partial charge in [0.2, 0.25) is 0 Å². The first-order valence-corrected chi connectivity index (χ1v) is 8.66. The molecule has 0 fully saturated rings. The van der Waals surface area contributed by atoms with Crippen molar-refractivity contribution in [1.29, 1.82) is 0 Å². The lowest BCUT2D eigenvalue weighted by atomic mass is 10.2. The molecule has 0 N–H and O–H groups in total. The van der Waals surface area contributed by atoms with Crippen molar-refractivity contribution in [2.24, 2.45) is 0 Å². The molecule has 3 rings (SSSR count). The number of fused-ring (bicyclic) bond motifs is 1. The van der Waals surface area contributed by atoms with Gasteiger partial charge in [-0.1, -0.05) is 29.3 Å². The Labute approximate surface area is 135 Å². The van der Waals surface area contributed by atoms with Crippen LogP contribution < -0.4 is 0 Å². The second-order valence-electron chi connectivity index (χ2n) is 4.59. The van der Waals surface area contributed by atoms with Gasteiger partial charge < -0.3 is 0 Å². The molecule has 1 aromatic carbocycles. The van der Waals surface area contributed by atoms with E-state index in [2.05, 4.69) is 20.9 Å². The van der Waals surface area contributed by atoms with E-state index in [1.807, 2.05) is 6.92 Å². The van der Waals surface area contributed by atoms with Crippen molar-refractivity contribution in [3.05, 3.63) is 57.8 Å². The zero-order valence-corrected chi connectivity index (χ0v) is 14.1. The fourth-order valence-corrected chi connectivity index (χ4v) is 4.18. The van der Waals surface area contributed by atoms with E-state index >= 15 is 0 Å². The van der Waals surface area contributed by atoms with Gasteiger partial charge in [0.15, 0.2) is 5.65 Å². The molecule has 0 spiro atoms. The zero-order chi connectivity index (χ0) is 15.2. The number of benzene rings is 1. The first kappa shape index (κ1) is 14.6. The molecule has 0 saturated carbocycles. The van der Waals surface area contributed by atoms with Gasteiger partial charge in [-0.15, -0.1) is 0 Å². The Morgan fingerprint density at radius 2 is 1.86 bits per heavy atom. The lowest BCUT2D eigenvalue weighted by molar-refractivity contribution is 0.589. The molecule has 0 saturated heterocycles. The van der Waals surface area contributed by atoms with E-state index in [9.17, 15) is 8.42 Å². The van der Waals surface area contributed by atoms with E-state index in [4.69, 9.17) is 11.6 Å². The minimum Gasteiger partial charge on any atom is -0.224 e. The average molecular weight is 386 g/mol. The Morgan fingerprint density at radius 1 is 1.19 bits per heavy atom. The Morgan fingerprint density at radius 3 is 2.52 bits per heavy atom. The van der Waals surface area contributed by atoms with E-state index in [1.165, 1.54) is 6.20 Å². The van der Waals surface area contributed by atoms with Crippen molar-refractivity contribution < 1.29 is 8.42 Å². The summed E-state index contributed by atoms with van der Waals surface area (Å²) in [4.78, 5) is 4.34. The van der Waals surface area contributed by atoms with Crippen LogP contribution in [0, 0.1) is 6.92 Å². The smallest absolute Gasteiger partial charge is 0.224 e. The molecule has 21 heavy (non-hydrogen) atoms. The van der Waals surface area contributed by atoms with Gasteiger partial charge in [-0.05, 0) is 47.1 Å². The van der Waals surface area contributed by atoms with Gasteiger partial charge in [0.25, 0.3) is 10.0 Å². The number of rotatable bonds is 2. The van der Waals surface area contributed by atoms with Crippen molar-refractivity contribution in [1.82, 2.24) is 8.96 Å². The number of hydrogen-bond donors (Lipinski definition) is 0. The Hall–Kier alpha value is -1.37. The van der Waals surface area contributed by atoms with Crippen LogP contribution in [0.1, 0.15) is 5.56 Å². The third kappa shape index (κ3) is 2.47. The predicted octanol–water partition coefficient (Wildman–Crippen LogP) is 4.00. The van der Waals surface area contributed by atoms with E-state index in [0.29, 0.717) is 15.5 Å². The van der Waals surface area contributed by atoms with Crippen LogP contribution in [0.2, 0.25) is 5.15 Å². The third-order valence-corrected chi connectivity index (χ3v) is 5.65. The van der Waals surface area contributed by atoms with Gasteiger partial charge in [-0.25, -0.2) is 17.4 Å². The summed E-state index contributed by atoms with van der Waals surface area (Å²) in [6.45, 7) is 1.90. The van der Waals surface area contributed by atoms with Gasteiger partial charge in [0, 0.05) is 16.1 Å². The van der Waals surface area contributed by atoms with Crippen molar-refractivity contribution in [3.63, 3.8) is 0 Å². The number of nitrogens with zero attached hydrogens (tertiary/aromatic N) is 2. The van der Waals surface area contributed by atoms with Crippen LogP contribution >= 0.6 is 27.5 Å². The summed E-state index contributed by atoms with van der Waals surface area (Å²) in [7, 11) is -3.70. The maximum Gasteiger partial charge on any atom is 0.269 e. The van der Waals surface area contributed by atoms with Crippen LogP contribution in [0.15, 0.2) is 52.0 Å². The van der Waals surface area contributed by atoms with Gasteiger partial charge >= 0.3 is 0 Å². The molecule has 0 bridgehead atoms. The normalized spacial score (nSPS) is 12.0. The fourth-order valence-electron chi connectivity index (χ4n) is 2.04. The highest BCUT2D eigenvalue weighted by Crippen LogP contribution is 2.28. The molecule has 3 aromatic rings. The summed E-state index contributed by atoms with van der Waals surface area (Å²) in [6.07, 6.45) is 1.48. The fraction of sp³-hybridized carbons (Fsp3) is 0.0714. The summed E-state index contributed by atoms with van der Waals surface area (Å²) in [5, 5.41) is 0.920. The van der Waals surface area contributed by atoms with Crippen LogP contribution in [0.3, 0.4) is 0 Å². The Kier molecular flexibility index (Phi) is 3.55. The first-order chi connectivity index (χ1) is 9.89. The van der Waals surface area contributed by atoms with Crippen LogP contribution in [0.5, 0.6) is 0 Å². The maximum atomic E-state index is 12.7. The van der Waals surface area contributed by atoms with Crippen molar-refractivity contribution in [2.45, 2.75) is 11.8 Å². The molecular weight excluding hydrogens is 376 g/mol. The van der Waals surface area contributed by atoms with Crippen LogP contribution in [0.25, 0.3) is 11.0 Å². The highest BCUT2D eigenvalue weighted by molar-refractivity contribution is 9.10. The average Bonchev–Trinajstić information content (AvgIpc) is 2.83. The molecular formula is C14H10BrClN2O2S. The standard InChI is InChI=1S/C14H10BrClN2O2S/c1-9-2-4-10(5-3-9)21(19,20)18-7-6-11-12(15)8-13(16)17-14(11)18/h2-8H,1H3. The van der Waals surface area contributed by atoms with Crippen molar-refractivity contribution >= 4 is 48.6 Å². The first-order valence-electron chi connectivity index (χ1n) is 6.05. The monoisotopic (exact) mass is 384 g/mol. The second-order valence-corrected chi connectivity index (χ2v) is 7.65. The van der Waals surface area contributed by atoms with Gasteiger partial charge in [-0.3, -0.25) is 0 Å². The van der Waals surface area contributed by atoms with Gasteiger partial charge in [0.1, 0.15) is 5.15 Å². The third-order valence-electron chi connectivity index (χ3n) is 3.12. The van der Waals surface area contributed by atoms with Gasteiger partial charge in [-0.2, -0.15) is 0 Å². The lowest BCUT2D eigenvalue weighted by Gasteiger charge is -2.07. The second kappa shape index (κ2) is 5.12. The molecule has 4 nitrogen and oxygen atoms in total. The summed E-state index contributed by atoms with van der Waals surface area (Å²) >= 11 is 9.28. The van der Waals surface area contributed by atoms with Crippen LogP contribution in [-0.2, 0) is 10.0 Å². The molecule has 0 radical (unpaired) electrons. The largest absolute Gasteiger partial charge is 0.269 e.